The Hall–Kier alpha value is -1.60. The highest BCUT2D eigenvalue weighted by Gasteiger charge is 2.23. The molecule has 0 spiro atoms. The first-order chi connectivity index (χ1) is 15.5. The largest absolute Gasteiger partial charge is 0.383 e. The van der Waals surface area contributed by atoms with Gasteiger partial charge in [0.1, 0.15) is 5.82 Å². The zero-order valence-electron chi connectivity index (χ0n) is 18.8. The molecule has 2 aliphatic carbocycles. The Kier molecular flexibility index (Phi) is 8.11. The molecule has 0 aliphatic heterocycles. The van der Waals surface area contributed by atoms with E-state index in [9.17, 15) is 0 Å². The average molecular weight is 478 g/mol. The summed E-state index contributed by atoms with van der Waals surface area (Å²) in [5.41, 5.74) is 2.70. The highest BCUT2D eigenvalue weighted by Crippen LogP contribution is 2.34. The van der Waals surface area contributed by atoms with Crippen molar-refractivity contribution in [3.05, 3.63) is 34.7 Å². The maximum absolute atomic E-state index is 6.51. The van der Waals surface area contributed by atoms with Crippen molar-refractivity contribution < 1.29 is 4.74 Å². The van der Waals surface area contributed by atoms with E-state index in [0.717, 1.165) is 67.4 Å². The molecule has 2 aliphatic rings. The molecule has 2 heterocycles. The number of nitrogens with one attached hydrogen (secondary N) is 3. The fourth-order valence-corrected chi connectivity index (χ4v) is 4.73. The molecule has 3 N–H and O–H groups in total. The van der Waals surface area contributed by atoms with Gasteiger partial charge in [-0.15, -0.1) is 0 Å². The number of nitrogens with zero attached hydrogens (tertiary/aromatic N) is 2. The number of hydrogen-bond donors (Lipinski definition) is 3. The molecular weight excluding hydrogens is 445 g/mol. The molecule has 4 rings (SSSR count). The molecule has 2 saturated carbocycles. The van der Waals surface area contributed by atoms with Crippen LogP contribution in [0, 0.1) is 5.92 Å². The van der Waals surface area contributed by atoms with Gasteiger partial charge in [-0.3, -0.25) is 0 Å². The molecule has 0 unspecified atom stereocenters. The van der Waals surface area contributed by atoms with E-state index in [0.29, 0.717) is 28.3 Å². The van der Waals surface area contributed by atoms with Crippen LogP contribution in [-0.4, -0.2) is 48.4 Å². The maximum Gasteiger partial charge on any atom is 0.152 e. The van der Waals surface area contributed by atoms with Crippen molar-refractivity contribution in [2.45, 2.75) is 63.6 Å². The zero-order chi connectivity index (χ0) is 22.5. The van der Waals surface area contributed by atoms with Crippen LogP contribution in [0.25, 0.3) is 11.1 Å². The van der Waals surface area contributed by atoms with Gasteiger partial charge in [-0.2, -0.15) is 0 Å². The molecule has 0 aromatic carbocycles. The summed E-state index contributed by atoms with van der Waals surface area (Å²) in [6, 6.07) is 5.38. The van der Waals surface area contributed by atoms with Gasteiger partial charge in [0.05, 0.1) is 17.3 Å². The second kappa shape index (κ2) is 11.0. The Labute approximate surface area is 200 Å². The molecule has 6 nitrogen and oxygen atoms in total. The van der Waals surface area contributed by atoms with Crippen LogP contribution < -0.4 is 16.0 Å². The molecule has 8 heteroatoms. The van der Waals surface area contributed by atoms with E-state index in [4.69, 9.17) is 27.9 Å². The molecule has 32 heavy (non-hydrogen) atoms. The van der Waals surface area contributed by atoms with E-state index in [1.54, 1.807) is 19.5 Å². The molecule has 2 aromatic rings. The lowest BCUT2D eigenvalue weighted by atomic mass is 9.90. The van der Waals surface area contributed by atoms with Crippen molar-refractivity contribution >= 4 is 34.7 Å². The van der Waals surface area contributed by atoms with Gasteiger partial charge in [0.25, 0.3) is 0 Å². The molecule has 1 atom stereocenters. The van der Waals surface area contributed by atoms with E-state index in [1.165, 1.54) is 12.8 Å². The Morgan fingerprint density at radius 2 is 1.78 bits per heavy atom. The van der Waals surface area contributed by atoms with Crippen LogP contribution in [0.4, 0.5) is 11.5 Å². The molecule has 2 fully saturated rings. The Morgan fingerprint density at radius 3 is 2.50 bits per heavy atom. The first-order valence-electron chi connectivity index (χ1n) is 11.6. The van der Waals surface area contributed by atoms with Gasteiger partial charge in [-0.05, 0) is 63.5 Å². The number of rotatable bonds is 10. The Bertz CT molecular complexity index is 900. The van der Waals surface area contributed by atoms with Crippen LogP contribution in [0.5, 0.6) is 0 Å². The molecule has 0 radical (unpaired) electrons. The predicted octanol–water partition coefficient (Wildman–Crippen LogP) is 5.62. The van der Waals surface area contributed by atoms with Crippen molar-refractivity contribution in [2.75, 3.05) is 30.9 Å². The highest BCUT2D eigenvalue weighted by atomic mass is 35.5. The second-order valence-corrected chi connectivity index (χ2v) is 9.92. The molecule has 0 amide bonds. The van der Waals surface area contributed by atoms with Gasteiger partial charge in [0.15, 0.2) is 5.15 Å². The summed E-state index contributed by atoms with van der Waals surface area (Å²) in [7, 11) is 1.75. The Morgan fingerprint density at radius 1 is 1.03 bits per heavy atom. The predicted molar refractivity (Wildman–Crippen MR) is 133 cm³/mol. The number of aromatic nitrogens is 2. The third-order valence-electron chi connectivity index (χ3n) is 6.30. The van der Waals surface area contributed by atoms with Crippen LogP contribution in [0.3, 0.4) is 0 Å². The van der Waals surface area contributed by atoms with Gasteiger partial charge in [-0.1, -0.05) is 23.2 Å². The number of pyridine rings is 2. The summed E-state index contributed by atoms with van der Waals surface area (Å²) in [4.78, 5) is 8.89. The minimum Gasteiger partial charge on any atom is -0.383 e. The number of halogens is 2. The third-order valence-corrected chi connectivity index (χ3v) is 6.90. The maximum atomic E-state index is 6.51. The smallest absolute Gasteiger partial charge is 0.152 e. The Balaban J connectivity index is 1.38. The fourth-order valence-electron chi connectivity index (χ4n) is 4.35. The van der Waals surface area contributed by atoms with Crippen molar-refractivity contribution in [3.63, 3.8) is 0 Å². The summed E-state index contributed by atoms with van der Waals surface area (Å²) in [6.45, 7) is 3.85. The van der Waals surface area contributed by atoms with Crippen LogP contribution in [0.15, 0.2) is 24.5 Å². The minimum atomic E-state index is 0.381. The van der Waals surface area contributed by atoms with Gasteiger partial charge in [0, 0.05) is 55.3 Å². The quantitative estimate of drug-likeness (QED) is 0.385. The zero-order valence-corrected chi connectivity index (χ0v) is 20.3. The van der Waals surface area contributed by atoms with Gasteiger partial charge in [-0.25, -0.2) is 9.97 Å². The fraction of sp³-hybridized carbons (Fsp3) is 0.583. The van der Waals surface area contributed by atoms with E-state index < -0.39 is 0 Å². The lowest BCUT2D eigenvalue weighted by Crippen LogP contribution is -2.42. The third kappa shape index (κ3) is 6.47. The summed E-state index contributed by atoms with van der Waals surface area (Å²) in [5, 5.41) is 11.8. The van der Waals surface area contributed by atoms with Crippen molar-refractivity contribution in [1.82, 2.24) is 15.3 Å². The SMILES string of the molecule is COC[C@H](C)N[C@H]1CC[C@H](Nc2cc(-c3cnc(Cl)c(NCC4CC4)c3)c(Cl)cn2)CC1. The van der Waals surface area contributed by atoms with Crippen LogP contribution in [-0.2, 0) is 4.74 Å². The molecular formula is C24H33Cl2N5O. The average Bonchev–Trinajstić information content (AvgIpc) is 3.61. The molecule has 2 aromatic heterocycles. The summed E-state index contributed by atoms with van der Waals surface area (Å²) >= 11 is 12.8. The molecule has 0 bridgehead atoms. The normalized spacial score (nSPS) is 21.9. The van der Waals surface area contributed by atoms with E-state index in [-0.39, 0.29) is 0 Å². The lowest BCUT2D eigenvalue weighted by Gasteiger charge is -2.32. The summed E-state index contributed by atoms with van der Waals surface area (Å²) in [6.07, 6.45) is 10.6. The molecule has 174 valence electrons. The van der Waals surface area contributed by atoms with E-state index >= 15 is 0 Å². The van der Waals surface area contributed by atoms with Gasteiger partial charge < -0.3 is 20.7 Å². The number of hydrogen-bond acceptors (Lipinski definition) is 6. The number of methoxy groups -OCH3 is 1. The topological polar surface area (TPSA) is 71.1 Å². The van der Waals surface area contributed by atoms with Gasteiger partial charge in [0.2, 0.25) is 0 Å². The second-order valence-electron chi connectivity index (χ2n) is 9.15. The summed E-state index contributed by atoms with van der Waals surface area (Å²) in [5.74, 6) is 1.60. The number of anilines is 2. The van der Waals surface area contributed by atoms with Crippen molar-refractivity contribution in [2.24, 2.45) is 5.92 Å². The standard InChI is InChI=1S/C24H33Cl2N5O/c1-15(14-32-2)30-18-5-7-19(8-6-18)31-23-10-20(21(25)13-28-23)17-9-22(24(26)29-12-17)27-11-16-3-4-16/h9-10,12-13,15-16,18-19,27,30H,3-8,11,14H2,1-2H3,(H,28,31)/t15-,18-,19-/m0/s1. The summed E-state index contributed by atoms with van der Waals surface area (Å²) < 4.78 is 5.23. The van der Waals surface area contributed by atoms with Gasteiger partial charge >= 0.3 is 0 Å². The van der Waals surface area contributed by atoms with E-state index in [2.05, 4.69) is 32.8 Å². The van der Waals surface area contributed by atoms with Crippen LogP contribution in [0.1, 0.15) is 45.4 Å². The highest BCUT2D eigenvalue weighted by molar-refractivity contribution is 6.33. The van der Waals surface area contributed by atoms with Crippen LogP contribution in [0.2, 0.25) is 10.2 Å². The minimum absolute atomic E-state index is 0.381. The lowest BCUT2D eigenvalue weighted by molar-refractivity contribution is 0.161. The van der Waals surface area contributed by atoms with Crippen molar-refractivity contribution in [1.29, 1.82) is 0 Å². The monoisotopic (exact) mass is 477 g/mol. The first kappa shape index (κ1) is 23.6. The first-order valence-corrected chi connectivity index (χ1v) is 12.3. The van der Waals surface area contributed by atoms with E-state index in [1.807, 2.05) is 12.1 Å². The molecule has 0 saturated heterocycles. The number of ether oxygens (including phenoxy) is 1. The van der Waals surface area contributed by atoms with Crippen LogP contribution >= 0.6 is 23.2 Å². The van der Waals surface area contributed by atoms with Crippen molar-refractivity contribution in [3.8, 4) is 11.1 Å².